The van der Waals surface area contributed by atoms with Crippen LogP contribution in [-0.4, -0.2) is 21.2 Å². The SMILES string of the molecule is O=C(O)C(O)c1ccc2c(Br)c[nH]c2c1. The van der Waals surface area contributed by atoms with Crippen molar-refractivity contribution in [1.82, 2.24) is 4.98 Å². The summed E-state index contributed by atoms with van der Waals surface area (Å²) in [6.45, 7) is 0. The summed E-state index contributed by atoms with van der Waals surface area (Å²) >= 11 is 3.35. The summed E-state index contributed by atoms with van der Waals surface area (Å²) in [6.07, 6.45) is 0.290. The molecule has 15 heavy (non-hydrogen) atoms. The molecule has 0 aliphatic rings. The smallest absolute Gasteiger partial charge is 0.337 e. The second-order valence-corrected chi connectivity index (χ2v) is 4.04. The topological polar surface area (TPSA) is 73.3 Å². The lowest BCUT2D eigenvalue weighted by Gasteiger charge is -2.05. The van der Waals surface area contributed by atoms with Gasteiger partial charge in [-0.1, -0.05) is 12.1 Å². The summed E-state index contributed by atoms with van der Waals surface area (Å²) in [5.74, 6) is -1.25. The zero-order valence-corrected chi connectivity index (χ0v) is 9.15. The molecule has 1 aromatic carbocycles. The third-order valence-corrected chi connectivity index (χ3v) is 2.86. The van der Waals surface area contributed by atoms with Crippen molar-refractivity contribution in [2.24, 2.45) is 0 Å². The number of aliphatic carboxylic acids is 1. The first-order valence-electron chi connectivity index (χ1n) is 4.27. The molecule has 0 aliphatic carbocycles. The maximum atomic E-state index is 10.6. The van der Waals surface area contributed by atoms with Crippen LogP contribution in [0.2, 0.25) is 0 Å². The van der Waals surface area contributed by atoms with E-state index in [0.717, 1.165) is 15.4 Å². The van der Waals surface area contributed by atoms with E-state index in [1.807, 2.05) is 0 Å². The number of rotatable bonds is 2. The van der Waals surface area contributed by atoms with E-state index < -0.39 is 12.1 Å². The fraction of sp³-hybridized carbons (Fsp3) is 0.100. The van der Waals surface area contributed by atoms with Gasteiger partial charge in [-0.15, -0.1) is 0 Å². The number of nitrogens with one attached hydrogen (secondary N) is 1. The van der Waals surface area contributed by atoms with Gasteiger partial charge in [0.05, 0.1) is 0 Å². The van der Waals surface area contributed by atoms with Gasteiger partial charge in [0.25, 0.3) is 0 Å². The van der Waals surface area contributed by atoms with Crippen LogP contribution in [0.25, 0.3) is 10.9 Å². The van der Waals surface area contributed by atoms with Gasteiger partial charge in [0.2, 0.25) is 0 Å². The summed E-state index contributed by atoms with van der Waals surface area (Å²) < 4.78 is 0.911. The van der Waals surface area contributed by atoms with Gasteiger partial charge in [-0.2, -0.15) is 0 Å². The molecule has 5 heteroatoms. The van der Waals surface area contributed by atoms with E-state index >= 15 is 0 Å². The molecule has 3 N–H and O–H groups in total. The highest BCUT2D eigenvalue weighted by atomic mass is 79.9. The van der Waals surface area contributed by atoms with Gasteiger partial charge in [0, 0.05) is 21.6 Å². The third kappa shape index (κ3) is 1.75. The molecule has 0 saturated carbocycles. The molecule has 2 rings (SSSR count). The van der Waals surface area contributed by atoms with Crippen molar-refractivity contribution in [3.8, 4) is 0 Å². The van der Waals surface area contributed by atoms with Gasteiger partial charge >= 0.3 is 5.97 Å². The minimum Gasteiger partial charge on any atom is -0.479 e. The number of carbonyl (C=O) groups is 1. The number of aromatic amines is 1. The number of hydrogen-bond acceptors (Lipinski definition) is 2. The molecule has 4 nitrogen and oxygen atoms in total. The summed E-state index contributed by atoms with van der Waals surface area (Å²) in [5.41, 5.74) is 1.16. The number of aliphatic hydroxyl groups is 1. The van der Waals surface area contributed by atoms with E-state index in [2.05, 4.69) is 20.9 Å². The zero-order chi connectivity index (χ0) is 11.0. The Labute approximate surface area is 93.7 Å². The average Bonchev–Trinajstić information content (AvgIpc) is 2.59. The normalized spacial score (nSPS) is 12.9. The summed E-state index contributed by atoms with van der Waals surface area (Å²) in [7, 11) is 0. The largest absolute Gasteiger partial charge is 0.479 e. The highest BCUT2D eigenvalue weighted by Gasteiger charge is 2.16. The van der Waals surface area contributed by atoms with Gasteiger partial charge in [-0.25, -0.2) is 4.79 Å². The molecule has 1 atom stereocenters. The maximum Gasteiger partial charge on any atom is 0.337 e. The average molecular weight is 270 g/mol. The first-order valence-corrected chi connectivity index (χ1v) is 5.06. The van der Waals surface area contributed by atoms with Crippen molar-refractivity contribution in [2.45, 2.75) is 6.10 Å². The molecule has 0 radical (unpaired) electrons. The van der Waals surface area contributed by atoms with Crippen LogP contribution in [0.3, 0.4) is 0 Å². The molecular formula is C10H8BrNO3. The van der Waals surface area contributed by atoms with Crippen LogP contribution in [0.4, 0.5) is 0 Å². The van der Waals surface area contributed by atoms with Gasteiger partial charge in [0.1, 0.15) is 0 Å². The van der Waals surface area contributed by atoms with Gasteiger partial charge in [-0.3, -0.25) is 0 Å². The molecule has 1 unspecified atom stereocenters. The molecule has 0 fully saturated rings. The predicted molar refractivity (Wildman–Crippen MR) is 58.6 cm³/mol. The number of carboxylic acids is 1. The fourth-order valence-corrected chi connectivity index (χ4v) is 1.88. The monoisotopic (exact) mass is 269 g/mol. The van der Waals surface area contributed by atoms with Crippen molar-refractivity contribution in [1.29, 1.82) is 0 Å². The number of hydrogen-bond donors (Lipinski definition) is 3. The molecule has 78 valence electrons. The Hall–Kier alpha value is -1.33. The van der Waals surface area contributed by atoms with Crippen LogP contribution in [0, 0.1) is 0 Å². The molecule has 1 heterocycles. The number of carboxylic acid groups (broad SMARTS) is 1. The minimum absolute atomic E-state index is 0.365. The van der Waals surface area contributed by atoms with E-state index in [1.165, 1.54) is 0 Å². The van der Waals surface area contributed by atoms with Crippen LogP contribution in [0.5, 0.6) is 0 Å². The molecule has 0 amide bonds. The zero-order valence-electron chi connectivity index (χ0n) is 7.57. The molecule has 0 saturated heterocycles. The van der Waals surface area contributed by atoms with Crippen LogP contribution in [-0.2, 0) is 4.79 Å². The lowest BCUT2D eigenvalue weighted by Crippen LogP contribution is -2.10. The molecule has 0 bridgehead atoms. The van der Waals surface area contributed by atoms with Gasteiger partial charge < -0.3 is 15.2 Å². The van der Waals surface area contributed by atoms with E-state index in [4.69, 9.17) is 5.11 Å². The number of fused-ring (bicyclic) bond motifs is 1. The van der Waals surface area contributed by atoms with Crippen LogP contribution in [0.1, 0.15) is 11.7 Å². The summed E-state index contributed by atoms with van der Waals surface area (Å²) in [4.78, 5) is 13.5. The summed E-state index contributed by atoms with van der Waals surface area (Å²) in [6, 6.07) is 4.98. The highest BCUT2D eigenvalue weighted by molar-refractivity contribution is 9.10. The van der Waals surface area contributed by atoms with E-state index in [0.29, 0.717) is 5.56 Å². The second kappa shape index (κ2) is 3.67. The Morgan fingerprint density at radius 3 is 2.87 bits per heavy atom. The number of aromatic nitrogens is 1. The third-order valence-electron chi connectivity index (χ3n) is 2.20. The molecular weight excluding hydrogens is 262 g/mol. The number of H-pyrrole nitrogens is 1. The van der Waals surface area contributed by atoms with Crippen molar-refractivity contribution in [2.75, 3.05) is 0 Å². The second-order valence-electron chi connectivity index (χ2n) is 3.18. The van der Waals surface area contributed by atoms with Crippen molar-refractivity contribution in [3.63, 3.8) is 0 Å². The lowest BCUT2D eigenvalue weighted by atomic mass is 10.1. The van der Waals surface area contributed by atoms with Gasteiger partial charge in [-0.05, 0) is 27.6 Å². The number of halogens is 1. The Bertz CT molecular complexity index is 520. The lowest BCUT2D eigenvalue weighted by molar-refractivity contribution is -0.146. The quantitative estimate of drug-likeness (QED) is 0.781. The maximum absolute atomic E-state index is 10.6. The standard InChI is InChI=1S/C10H8BrNO3/c11-7-4-12-8-3-5(1-2-6(7)8)9(13)10(14)15/h1-4,9,12-13H,(H,14,15). The van der Waals surface area contributed by atoms with Crippen LogP contribution < -0.4 is 0 Å². The predicted octanol–water partition coefficient (Wildman–Crippen LogP) is 2.05. The molecule has 2 aromatic rings. The Balaban J connectivity index is 2.52. The van der Waals surface area contributed by atoms with Crippen LogP contribution in [0.15, 0.2) is 28.9 Å². The first kappa shape index (κ1) is 10.2. The summed E-state index contributed by atoms with van der Waals surface area (Å²) in [5, 5.41) is 18.9. The first-order chi connectivity index (χ1) is 7.09. The fourth-order valence-electron chi connectivity index (χ4n) is 1.42. The van der Waals surface area contributed by atoms with E-state index in [9.17, 15) is 9.90 Å². The van der Waals surface area contributed by atoms with E-state index in [-0.39, 0.29) is 0 Å². The van der Waals surface area contributed by atoms with Crippen molar-refractivity contribution < 1.29 is 15.0 Å². The Kier molecular flexibility index (Phi) is 2.50. The van der Waals surface area contributed by atoms with E-state index in [1.54, 1.807) is 24.4 Å². The number of benzene rings is 1. The van der Waals surface area contributed by atoms with Gasteiger partial charge in [0.15, 0.2) is 6.10 Å². The Morgan fingerprint density at radius 1 is 1.47 bits per heavy atom. The van der Waals surface area contributed by atoms with Crippen molar-refractivity contribution >= 4 is 32.8 Å². The minimum atomic E-state index is -1.48. The molecule has 0 spiro atoms. The molecule has 1 aromatic heterocycles. The number of aliphatic hydroxyl groups excluding tert-OH is 1. The highest BCUT2D eigenvalue weighted by Crippen LogP contribution is 2.26. The van der Waals surface area contributed by atoms with Crippen molar-refractivity contribution in [3.05, 3.63) is 34.4 Å². The Morgan fingerprint density at radius 2 is 2.20 bits per heavy atom. The molecule has 0 aliphatic heterocycles. The van der Waals surface area contributed by atoms with Crippen LogP contribution >= 0.6 is 15.9 Å².